The number of hydrogen-bond donors (Lipinski definition) is 2. The molecule has 21 heavy (non-hydrogen) atoms. The van der Waals surface area contributed by atoms with Crippen molar-refractivity contribution in [3.05, 3.63) is 34.3 Å². The first-order chi connectivity index (χ1) is 9.92. The van der Waals surface area contributed by atoms with E-state index in [1.165, 1.54) is 0 Å². The van der Waals surface area contributed by atoms with Gasteiger partial charge in [-0.2, -0.15) is 0 Å². The lowest BCUT2D eigenvalue weighted by molar-refractivity contribution is -0.139. The van der Waals surface area contributed by atoms with Crippen LogP contribution >= 0.6 is 15.9 Å². The minimum Gasteiger partial charge on any atom is -0.481 e. The van der Waals surface area contributed by atoms with E-state index >= 15 is 0 Å². The molecule has 5 nitrogen and oxygen atoms in total. The number of nitrogens with one attached hydrogen (secondary N) is 1. The Morgan fingerprint density at radius 3 is 2.62 bits per heavy atom. The van der Waals surface area contributed by atoms with Crippen LogP contribution in [-0.2, 0) is 14.3 Å². The highest BCUT2D eigenvalue weighted by molar-refractivity contribution is 9.10. The zero-order valence-corrected chi connectivity index (χ0v) is 13.4. The van der Waals surface area contributed by atoms with Crippen molar-refractivity contribution < 1.29 is 19.4 Å². The highest BCUT2D eigenvalue weighted by Gasteiger charge is 2.39. The fourth-order valence-electron chi connectivity index (χ4n) is 2.45. The number of aliphatic carboxylic acids is 1. The smallest absolute Gasteiger partial charge is 0.305 e. The third kappa shape index (κ3) is 4.04. The van der Waals surface area contributed by atoms with Crippen LogP contribution in [0, 0.1) is 0 Å². The second kappa shape index (κ2) is 6.58. The number of amides is 1. The third-order valence-electron chi connectivity index (χ3n) is 3.74. The summed E-state index contributed by atoms with van der Waals surface area (Å²) < 4.78 is 6.23. The molecule has 1 fully saturated rings. The van der Waals surface area contributed by atoms with Crippen LogP contribution in [0.2, 0.25) is 0 Å². The van der Waals surface area contributed by atoms with E-state index in [4.69, 9.17) is 9.84 Å². The molecule has 1 heterocycles. The van der Waals surface area contributed by atoms with E-state index in [2.05, 4.69) is 21.2 Å². The summed E-state index contributed by atoms with van der Waals surface area (Å²) in [6.07, 6.45) is 0.407. The Labute approximate surface area is 131 Å². The van der Waals surface area contributed by atoms with Gasteiger partial charge < -0.3 is 15.2 Å². The van der Waals surface area contributed by atoms with Gasteiger partial charge in [0.25, 0.3) is 0 Å². The lowest BCUT2D eigenvalue weighted by Crippen LogP contribution is -2.51. The SMILES string of the molecule is CC(C(=O)NC1(CC(=O)O)CCOC1)c1ccc(Br)cc1. The molecule has 1 aromatic carbocycles. The van der Waals surface area contributed by atoms with Crippen LogP contribution in [0.25, 0.3) is 0 Å². The van der Waals surface area contributed by atoms with Crippen LogP contribution in [0.4, 0.5) is 0 Å². The molecule has 6 heteroatoms. The number of rotatable bonds is 5. The standard InChI is InChI=1S/C15H18BrNO4/c1-10(11-2-4-12(16)5-3-11)14(20)17-15(8-13(18)19)6-7-21-9-15/h2-5,10H,6-9H2,1H3,(H,17,20)(H,18,19). The molecule has 2 unspecified atom stereocenters. The monoisotopic (exact) mass is 355 g/mol. The molecule has 2 N–H and O–H groups in total. The summed E-state index contributed by atoms with van der Waals surface area (Å²) >= 11 is 3.36. The van der Waals surface area contributed by atoms with Gasteiger partial charge in [-0.05, 0) is 31.0 Å². The van der Waals surface area contributed by atoms with Crippen molar-refractivity contribution >= 4 is 27.8 Å². The second-order valence-corrected chi connectivity index (χ2v) is 6.33. The molecule has 114 valence electrons. The normalized spacial score (nSPS) is 22.8. The van der Waals surface area contributed by atoms with Gasteiger partial charge in [0.05, 0.1) is 24.5 Å². The maximum atomic E-state index is 12.4. The first-order valence-corrected chi connectivity index (χ1v) is 7.58. The fraction of sp³-hybridized carbons (Fsp3) is 0.467. The Kier molecular flexibility index (Phi) is 5.00. The fourth-order valence-corrected chi connectivity index (χ4v) is 2.72. The summed E-state index contributed by atoms with van der Waals surface area (Å²) in [6, 6.07) is 7.52. The van der Waals surface area contributed by atoms with Gasteiger partial charge in [0, 0.05) is 11.1 Å². The molecule has 1 saturated heterocycles. The van der Waals surface area contributed by atoms with Gasteiger partial charge in [-0.15, -0.1) is 0 Å². The Balaban J connectivity index is 2.08. The summed E-state index contributed by atoms with van der Waals surface area (Å²) in [5.41, 5.74) is 0.104. The van der Waals surface area contributed by atoms with Crippen molar-refractivity contribution in [1.82, 2.24) is 5.32 Å². The average molecular weight is 356 g/mol. The van der Waals surface area contributed by atoms with Gasteiger partial charge in [-0.25, -0.2) is 0 Å². The number of hydrogen-bond acceptors (Lipinski definition) is 3. The molecule has 1 aliphatic heterocycles. The van der Waals surface area contributed by atoms with E-state index in [0.717, 1.165) is 10.0 Å². The molecule has 0 radical (unpaired) electrons. The summed E-state index contributed by atoms with van der Waals surface area (Å²) in [5, 5.41) is 11.9. The molecular weight excluding hydrogens is 338 g/mol. The first-order valence-electron chi connectivity index (χ1n) is 6.79. The molecular formula is C15H18BrNO4. The minimum absolute atomic E-state index is 0.119. The van der Waals surface area contributed by atoms with Crippen molar-refractivity contribution in [1.29, 1.82) is 0 Å². The zero-order valence-electron chi connectivity index (χ0n) is 11.8. The maximum absolute atomic E-state index is 12.4. The van der Waals surface area contributed by atoms with E-state index < -0.39 is 11.5 Å². The third-order valence-corrected chi connectivity index (χ3v) is 4.27. The molecule has 0 saturated carbocycles. The average Bonchev–Trinajstić information content (AvgIpc) is 2.86. The number of halogens is 1. The predicted octanol–water partition coefficient (Wildman–Crippen LogP) is 2.30. The number of benzene rings is 1. The summed E-state index contributed by atoms with van der Waals surface area (Å²) in [5.74, 6) is -1.45. The number of carbonyl (C=O) groups excluding carboxylic acids is 1. The molecule has 2 rings (SSSR count). The topological polar surface area (TPSA) is 75.6 Å². The van der Waals surface area contributed by atoms with Crippen LogP contribution < -0.4 is 5.32 Å². The van der Waals surface area contributed by atoms with Gasteiger partial charge in [0.1, 0.15) is 0 Å². The Morgan fingerprint density at radius 1 is 1.43 bits per heavy atom. The Bertz CT molecular complexity index is 523. The van der Waals surface area contributed by atoms with Crippen molar-refractivity contribution in [3.63, 3.8) is 0 Å². The summed E-state index contributed by atoms with van der Waals surface area (Å²) in [6.45, 7) is 2.53. The van der Waals surface area contributed by atoms with Crippen molar-refractivity contribution in [2.45, 2.75) is 31.2 Å². The molecule has 0 spiro atoms. The maximum Gasteiger partial charge on any atom is 0.305 e. The summed E-state index contributed by atoms with van der Waals surface area (Å²) in [7, 11) is 0. The Morgan fingerprint density at radius 2 is 2.10 bits per heavy atom. The quantitative estimate of drug-likeness (QED) is 0.849. The van der Waals surface area contributed by atoms with E-state index in [1.54, 1.807) is 0 Å². The molecule has 1 amide bonds. The summed E-state index contributed by atoms with van der Waals surface area (Å²) in [4.78, 5) is 23.4. The van der Waals surface area contributed by atoms with Crippen molar-refractivity contribution in [2.75, 3.05) is 13.2 Å². The number of carboxylic acids is 1. The predicted molar refractivity (Wildman–Crippen MR) is 81.1 cm³/mol. The first kappa shape index (κ1) is 16.0. The van der Waals surface area contributed by atoms with Crippen molar-refractivity contribution in [3.8, 4) is 0 Å². The number of carboxylic acid groups (broad SMARTS) is 1. The van der Waals surface area contributed by atoms with E-state index in [1.807, 2.05) is 31.2 Å². The molecule has 0 aliphatic carbocycles. The number of carbonyl (C=O) groups is 2. The second-order valence-electron chi connectivity index (χ2n) is 5.42. The largest absolute Gasteiger partial charge is 0.481 e. The van der Waals surface area contributed by atoms with E-state index in [9.17, 15) is 9.59 Å². The zero-order chi connectivity index (χ0) is 15.5. The van der Waals surface area contributed by atoms with Crippen LogP contribution in [0.3, 0.4) is 0 Å². The van der Waals surface area contributed by atoms with Crippen LogP contribution in [0.15, 0.2) is 28.7 Å². The molecule has 0 aromatic heterocycles. The van der Waals surface area contributed by atoms with Gasteiger partial charge in [0.15, 0.2) is 0 Å². The molecule has 2 atom stereocenters. The van der Waals surface area contributed by atoms with Crippen molar-refractivity contribution in [2.24, 2.45) is 0 Å². The van der Waals surface area contributed by atoms with Crippen LogP contribution in [-0.4, -0.2) is 35.7 Å². The molecule has 1 aromatic rings. The lowest BCUT2D eigenvalue weighted by Gasteiger charge is -2.28. The van der Waals surface area contributed by atoms with Crippen LogP contribution in [0.1, 0.15) is 31.2 Å². The van der Waals surface area contributed by atoms with Crippen LogP contribution in [0.5, 0.6) is 0 Å². The van der Waals surface area contributed by atoms with Gasteiger partial charge in [-0.1, -0.05) is 28.1 Å². The molecule has 0 bridgehead atoms. The number of ether oxygens (including phenoxy) is 1. The van der Waals surface area contributed by atoms with Gasteiger partial charge >= 0.3 is 5.97 Å². The Hall–Kier alpha value is -1.40. The van der Waals surface area contributed by atoms with Gasteiger partial charge in [0.2, 0.25) is 5.91 Å². The minimum atomic E-state index is -0.933. The van der Waals surface area contributed by atoms with E-state index in [-0.39, 0.29) is 24.9 Å². The lowest BCUT2D eigenvalue weighted by atomic mass is 9.92. The highest BCUT2D eigenvalue weighted by atomic mass is 79.9. The van der Waals surface area contributed by atoms with Gasteiger partial charge in [-0.3, -0.25) is 9.59 Å². The van der Waals surface area contributed by atoms with E-state index in [0.29, 0.717) is 13.0 Å². The molecule has 1 aliphatic rings. The highest BCUT2D eigenvalue weighted by Crippen LogP contribution is 2.25.